The highest BCUT2D eigenvalue weighted by molar-refractivity contribution is 5.66. The zero-order valence-corrected chi connectivity index (χ0v) is 13.0. The number of carbonyl (C=O) groups is 1. The molecule has 0 aliphatic rings. The maximum atomic E-state index is 11.5. The Morgan fingerprint density at radius 1 is 1.43 bits per heavy atom. The molecule has 1 aromatic rings. The Kier molecular flexibility index (Phi) is 6.91. The quantitative estimate of drug-likeness (QED) is 0.649. The van der Waals surface area contributed by atoms with Crippen LogP contribution >= 0.6 is 0 Å². The summed E-state index contributed by atoms with van der Waals surface area (Å²) in [5.74, 6) is 1.27. The van der Waals surface area contributed by atoms with Crippen molar-refractivity contribution >= 4 is 11.8 Å². The minimum Gasteiger partial charge on any atom is -0.481 e. The van der Waals surface area contributed by atoms with Gasteiger partial charge in [0.2, 0.25) is 0 Å². The van der Waals surface area contributed by atoms with Crippen molar-refractivity contribution in [2.45, 2.75) is 46.5 Å². The van der Waals surface area contributed by atoms with Gasteiger partial charge in [-0.3, -0.25) is 9.59 Å². The molecule has 0 aliphatic carbocycles. The number of hydrogen-bond donors (Lipinski definition) is 3. The van der Waals surface area contributed by atoms with Crippen molar-refractivity contribution in [3.05, 3.63) is 22.2 Å². The van der Waals surface area contributed by atoms with Crippen molar-refractivity contribution in [3.8, 4) is 0 Å². The smallest absolute Gasteiger partial charge is 0.303 e. The van der Waals surface area contributed by atoms with Gasteiger partial charge in [-0.05, 0) is 24.7 Å². The molecule has 1 unspecified atom stereocenters. The molecular weight excluding hydrogens is 270 g/mol. The summed E-state index contributed by atoms with van der Waals surface area (Å²) in [6.45, 7) is 6.82. The Bertz CT molecular complexity index is 511. The number of nitrogens with zero attached hydrogens (tertiary/aromatic N) is 1. The van der Waals surface area contributed by atoms with E-state index in [-0.39, 0.29) is 12.0 Å². The highest BCUT2D eigenvalue weighted by Crippen LogP contribution is 2.21. The van der Waals surface area contributed by atoms with Crippen LogP contribution in [0.3, 0.4) is 0 Å². The van der Waals surface area contributed by atoms with Gasteiger partial charge in [-0.1, -0.05) is 20.8 Å². The molecule has 0 fully saturated rings. The maximum absolute atomic E-state index is 11.5. The number of nitrogens with one attached hydrogen (secondary N) is 2. The van der Waals surface area contributed by atoms with Crippen LogP contribution in [0.2, 0.25) is 0 Å². The van der Waals surface area contributed by atoms with Gasteiger partial charge in [0, 0.05) is 25.5 Å². The van der Waals surface area contributed by atoms with E-state index in [1.54, 1.807) is 0 Å². The summed E-state index contributed by atoms with van der Waals surface area (Å²) in [7, 11) is 0. The van der Waals surface area contributed by atoms with E-state index in [1.807, 2.05) is 6.92 Å². The van der Waals surface area contributed by atoms with Crippen LogP contribution in [0.4, 0.5) is 5.82 Å². The molecule has 0 saturated carbocycles. The second-order valence-electron chi connectivity index (χ2n) is 5.58. The second kappa shape index (κ2) is 8.44. The van der Waals surface area contributed by atoms with Gasteiger partial charge in [-0.25, -0.2) is 4.98 Å². The molecule has 1 aromatic heterocycles. The zero-order chi connectivity index (χ0) is 15.8. The van der Waals surface area contributed by atoms with Crippen LogP contribution in [-0.4, -0.2) is 27.6 Å². The first-order valence-electron chi connectivity index (χ1n) is 7.48. The number of aryl methyl sites for hydroxylation is 1. The number of rotatable bonds is 9. The lowest BCUT2D eigenvalue weighted by molar-refractivity contribution is -0.137. The molecular formula is C15H25N3O3. The molecule has 21 heavy (non-hydrogen) atoms. The SMILES string of the molecule is CCc1nc(NCCC(CCC(=O)O)C(C)C)cc(=O)[nH]1. The summed E-state index contributed by atoms with van der Waals surface area (Å²) >= 11 is 0. The molecule has 0 aliphatic heterocycles. The molecule has 0 aromatic carbocycles. The van der Waals surface area contributed by atoms with Crippen molar-refractivity contribution in [2.75, 3.05) is 11.9 Å². The van der Waals surface area contributed by atoms with Crippen molar-refractivity contribution in [1.82, 2.24) is 9.97 Å². The number of carboxylic acids is 1. The van der Waals surface area contributed by atoms with Crippen LogP contribution in [-0.2, 0) is 11.2 Å². The molecule has 1 heterocycles. The molecule has 118 valence electrons. The van der Waals surface area contributed by atoms with Crippen LogP contribution in [0.5, 0.6) is 0 Å². The highest BCUT2D eigenvalue weighted by Gasteiger charge is 2.14. The molecule has 3 N–H and O–H groups in total. The molecule has 0 saturated heterocycles. The minimum absolute atomic E-state index is 0.157. The van der Waals surface area contributed by atoms with E-state index in [0.717, 1.165) is 6.42 Å². The van der Waals surface area contributed by atoms with Crippen molar-refractivity contribution in [2.24, 2.45) is 11.8 Å². The fourth-order valence-electron chi connectivity index (χ4n) is 2.27. The Balaban J connectivity index is 2.51. The van der Waals surface area contributed by atoms with Gasteiger partial charge in [0.1, 0.15) is 11.6 Å². The average Bonchev–Trinajstić information content (AvgIpc) is 2.41. The lowest BCUT2D eigenvalue weighted by Crippen LogP contribution is -2.18. The van der Waals surface area contributed by atoms with Gasteiger partial charge in [0.15, 0.2) is 0 Å². The number of aromatic amines is 1. The molecule has 0 radical (unpaired) electrons. The summed E-state index contributed by atoms with van der Waals surface area (Å²) in [5.41, 5.74) is -0.157. The summed E-state index contributed by atoms with van der Waals surface area (Å²) in [6, 6.07) is 1.45. The first kappa shape index (κ1) is 17.2. The summed E-state index contributed by atoms with van der Waals surface area (Å²) in [6.07, 6.45) is 2.42. The van der Waals surface area contributed by atoms with Crippen LogP contribution in [0.15, 0.2) is 10.9 Å². The number of anilines is 1. The van der Waals surface area contributed by atoms with E-state index in [2.05, 4.69) is 29.1 Å². The zero-order valence-electron chi connectivity index (χ0n) is 13.0. The van der Waals surface area contributed by atoms with Gasteiger partial charge in [-0.15, -0.1) is 0 Å². The normalized spacial score (nSPS) is 12.4. The maximum Gasteiger partial charge on any atom is 0.303 e. The van der Waals surface area contributed by atoms with Crippen LogP contribution in [0, 0.1) is 11.8 Å². The van der Waals surface area contributed by atoms with Gasteiger partial charge >= 0.3 is 5.97 Å². The third-order valence-corrected chi connectivity index (χ3v) is 3.62. The number of aromatic nitrogens is 2. The Morgan fingerprint density at radius 2 is 2.14 bits per heavy atom. The van der Waals surface area contributed by atoms with E-state index in [9.17, 15) is 9.59 Å². The van der Waals surface area contributed by atoms with Gasteiger partial charge in [-0.2, -0.15) is 0 Å². The summed E-state index contributed by atoms with van der Waals surface area (Å²) in [5, 5.41) is 11.9. The largest absolute Gasteiger partial charge is 0.481 e. The number of H-pyrrole nitrogens is 1. The van der Waals surface area contributed by atoms with Crippen molar-refractivity contribution < 1.29 is 9.90 Å². The van der Waals surface area contributed by atoms with E-state index in [1.165, 1.54) is 6.07 Å². The van der Waals surface area contributed by atoms with Crippen LogP contribution in [0.1, 0.15) is 45.9 Å². The van der Waals surface area contributed by atoms with Crippen molar-refractivity contribution in [1.29, 1.82) is 0 Å². The summed E-state index contributed by atoms with van der Waals surface area (Å²) < 4.78 is 0. The first-order chi connectivity index (χ1) is 9.92. The molecule has 6 heteroatoms. The average molecular weight is 295 g/mol. The van der Waals surface area contributed by atoms with Gasteiger partial charge in [0.25, 0.3) is 5.56 Å². The Morgan fingerprint density at radius 3 is 2.71 bits per heavy atom. The summed E-state index contributed by atoms with van der Waals surface area (Å²) in [4.78, 5) is 29.1. The standard InChI is InChI=1S/C15H25N3O3/c1-4-12-17-13(9-14(19)18-12)16-8-7-11(10(2)3)5-6-15(20)21/h9-11H,4-8H2,1-3H3,(H,20,21)(H2,16,17,18,19). The third-order valence-electron chi connectivity index (χ3n) is 3.62. The molecule has 0 spiro atoms. The van der Waals surface area contributed by atoms with E-state index < -0.39 is 5.97 Å². The van der Waals surface area contributed by atoms with E-state index in [4.69, 9.17) is 5.11 Å². The number of carboxylic acid groups (broad SMARTS) is 1. The third kappa shape index (κ3) is 6.42. The Labute approximate surface area is 125 Å². The molecule has 6 nitrogen and oxygen atoms in total. The number of aliphatic carboxylic acids is 1. The van der Waals surface area contributed by atoms with Crippen LogP contribution < -0.4 is 10.9 Å². The monoisotopic (exact) mass is 295 g/mol. The van der Waals surface area contributed by atoms with Crippen LogP contribution in [0.25, 0.3) is 0 Å². The predicted octanol–water partition coefficient (Wildman–Crippen LogP) is 2.27. The Hall–Kier alpha value is -1.85. The first-order valence-corrected chi connectivity index (χ1v) is 7.48. The van der Waals surface area contributed by atoms with E-state index in [0.29, 0.717) is 42.9 Å². The predicted molar refractivity (Wildman–Crippen MR) is 82.5 cm³/mol. The molecule has 1 atom stereocenters. The van der Waals surface area contributed by atoms with E-state index >= 15 is 0 Å². The van der Waals surface area contributed by atoms with Crippen molar-refractivity contribution in [3.63, 3.8) is 0 Å². The topological polar surface area (TPSA) is 95.1 Å². The molecule has 1 rings (SSSR count). The fraction of sp³-hybridized carbons (Fsp3) is 0.667. The molecule has 0 bridgehead atoms. The molecule has 0 amide bonds. The van der Waals surface area contributed by atoms with Gasteiger partial charge < -0.3 is 15.4 Å². The minimum atomic E-state index is -0.752. The lowest BCUT2D eigenvalue weighted by Gasteiger charge is -2.20. The van der Waals surface area contributed by atoms with Gasteiger partial charge in [0.05, 0.1) is 0 Å². The highest BCUT2D eigenvalue weighted by atomic mass is 16.4. The second-order valence-corrected chi connectivity index (χ2v) is 5.58. The fourth-order valence-corrected chi connectivity index (χ4v) is 2.27. The number of hydrogen-bond acceptors (Lipinski definition) is 4. The lowest BCUT2D eigenvalue weighted by atomic mass is 9.88.